The van der Waals surface area contributed by atoms with Crippen LogP contribution in [0.15, 0.2) is 110 Å². The fraction of sp³-hybridized carbons (Fsp3) is 0.267. The molecule has 0 radical (unpaired) electrons. The molecule has 4 aromatic carbocycles. The number of nitrogens with zero attached hydrogens (tertiary/aromatic N) is 6. The Bertz CT molecular complexity index is 3970. The van der Waals surface area contributed by atoms with Crippen LogP contribution in [0.25, 0.3) is 56.1 Å². The summed E-state index contributed by atoms with van der Waals surface area (Å²) in [7, 11) is 0. The largest absolute Gasteiger partial charge is 0.478 e. The molecule has 4 heterocycles. The molecule has 420 valence electrons. The highest BCUT2D eigenvalue weighted by Gasteiger charge is 2.46. The van der Waals surface area contributed by atoms with Gasteiger partial charge in [0.1, 0.15) is 11.1 Å². The van der Waals surface area contributed by atoms with Gasteiger partial charge in [-0.1, -0.05) is 36.4 Å². The van der Waals surface area contributed by atoms with E-state index in [2.05, 4.69) is 43.4 Å². The first-order chi connectivity index (χ1) is 38.8. The Kier molecular flexibility index (Phi) is 15.4. The second-order valence-corrected chi connectivity index (χ2v) is 20.6. The summed E-state index contributed by atoms with van der Waals surface area (Å²) < 4.78 is 80.8. The lowest BCUT2D eigenvalue weighted by Gasteiger charge is -2.15. The average Bonchev–Trinajstić information content (AvgIpc) is 4.50. The number of benzene rings is 4. The Hall–Kier alpha value is -9.70. The number of amides is 2. The predicted octanol–water partition coefficient (Wildman–Crippen LogP) is 12.3. The number of alkyl halides is 6. The molecule has 8 aromatic rings. The summed E-state index contributed by atoms with van der Waals surface area (Å²) in [6.07, 6.45) is -1.47. The highest BCUT2D eigenvalue weighted by Crippen LogP contribution is 2.38. The number of nitriles is 2. The molecular weight excluding hydrogens is 1070 g/mol. The molecule has 2 fully saturated rings. The number of carboxylic acids is 2. The number of pyridine rings is 2. The van der Waals surface area contributed by atoms with Crippen molar-refractivity contribution >= 4 is 46.4 Å². The van der Waals surface area contributed by atoms with Crippen molar-refractivity contribution < 1.29 is 55.7 Å². The number of aromatic carboxylic acids is 2. The smallest absolute Gasteiger partial charge is 0.390 e. The van der Waals surface area contributed by atoms with Crippen LogP contribution in [0.5, 0.6) is 0 Å². The van der Waals surface area contributed by atoms with E-state index in [4.69, 9.17) is 0 Å². The number of aromatic nitrogens is 4. The topological polar surface area (TPSA) is 239 Å². The van der Waals surface area contributed by atoms with Crippen LogP contribution < -0.4 is 21.3 Å². The van der Waals surface area contributed by atoms with Gasteiger partial charge in [0.2, 0.25) is 0 Å². The zero-order chi connectivity index (χ0) is 59.1. The zero-order valence-electron chi connectivity index (χ0n) is 44.5. The third-order valence-corrected chi connectivity index (χ3v) is 14.4. The van der Waals surface area contributed by atoms with Crippen LogP contribution in [-0.2, 0) is 0 Å². The number of anilines is 2. The van der Waals surface area contributed by atoms with Gasteiger partial charge < -0.3 is 31.5 Å². The molecule has 2 saturated carbocycles. The van der Waals surface area contributed by atoms with Crippen LogP contribution >= 0.6 is 0 Å². The van der Waals surface area contributed by atoms with Gasteiger partial charge in [-0.3, -0.25) is 18.4 Å². The van der Waals surface area contributed by atoms with E-state index in [-0.39, 0.29) is 36.0 Å². The van der Waals surface area contributed by atoms with E-state index in [0.717, 1.165) is 11.1 Å². The minimum Gasteiger partial charge on any atom is -0.478 e. The van der Waals surface area contributed by atoms with E-state index in [1.807, 2.05) is 18.3 Å². The summed E-state index contributed by atoms with van der Waals surface area (Å²) in [5.74, 6) is -2.76. The fourth-order valence-electron chi connectivity index (χ4n) is 9.53. The summed E-state index contributed by atoms with van der Waals surface area (Å²) in [4.78, 5) is 57.5. The molecular formula is C60H52F6N10O6. The van der Waals surface area contributed by atoms with Crippen molar-refractivity contribution in [3.63, 3.8) is 0 Å². The molecule has 0 unspecified atom stereocenters. The average molecular weight is 1120 g/mol. The Morgan fingerprint density at radius 1 is 0.524 bits per heavy atom. The summed E-state index contributed by atoms with van der Waals surface area (Å²) in [5, 5.41) is 48.7. The van der Waals surface area contributed by atoms with Gasteiger partial charge in [0.25, 0.3) is 11.8 Å². The minimum atomic E-state index is -4.34. The van der Waals surface area contributed by atoms with Crippen LogP contribution in [-0.4, -0.2) is 89.3 Å². The molecule has 0 spiro atoms. The molecule has 16 nitrogen and oxygen atoms in total. The van der Waals surface area contributed by atoms with Gasteiger partial charge in [0.05, 0.1) is 71.3 Å². The van der Waals surface area contributed by atoms with Gasteiger partial charge in [-0.2, -0.15) is 36.9 Å². The zero-order valence-corrected chi connectivity index (χ0v) is 44.5. The Morgan fingerprint density at radius 3 is 1.16 bits per heavy atom. The number of fused-ring (bicyclic) bond motifs is 2. The van der Waals surface area contributed by atoms with Crippen molar-refractivity contribution in [1.29, 1.82) is 10.5 Å². The number of halogens is 6. The molecule has 0 bridgehead atoms. The standard InChI is InChI=1S/C34H30F3N7O2.C26H22F3N3O4/c1-20-13-22(3-5-25(20)30(45)42-32(18-38)7-8-32)24-15-27(40-12-11-34(35,36)37)29-41-16-28(44(29)17-24)23-4-6-26(21(2)14-23)31(46)43-33(19-39)9-10-33;1-14-9-16(3-5-19(14)24(33)34)18-11-21(30-8-7-26(27,28)29)23-31-12-22(32(23)13-18)17-4-6-20(25(35)36)15(2)10-17/h3-6,13-17,40H,7-12H2,1-2H3,(H,42,45)(H,43,46);3-6,9-13,30H,7-8H2,1-2H3,(H,33,34)(H,35,36). The number of carboxylic acid groups (broad SMARTS) is 2. The summed E-state index contributed by atoms with van der Waals surface area (Å²) in [6, 6.07) is 27.9. The summed E-state index contributed by atoms with van der Waals surface area (Å²) >= 11 is 0. The molecule has 2 aliphatic rings. The highest BCUT2D eigenvalue weighted by atomic mass is 19.4. The number of rotatable bonds is 16. The lowest BCUT2D eigenvalue weighted by Crippen LogP contribution is -2.35. The number of imidazole rings is 2. The van der Waals surface area contributed by atoms with Crippen molar-refractivity contribution in [2.45, 2.75) is 89.7 Å². The van der Waals surface area contributed by atoms with Crippen LogP contribution in [0.2, 0.25) is 0 Å². The lowest BCUT2D eigenvalue weighted by molar-refractivity contribution is -0.132. The maximum absolute atomic E-state index is 13.0. The summed E-state index contributed by atoms with van der Waals surface area (Å²) in [5.41, 5.74) is 9.02. The molecule has 0 aliphatic heterocycles. The van der Waals surface area contributed by atoms with E-state index >= 15 is 0 Å². The predicted molar refractivity (Wildman–Crippen MR) is 293 cm³/mol. The van der Waals surface area contributed by atoms with Gasteiger partial charge in [-0.25, -0.2) is 19.6 Å². The van der Waals surface area contributed by atoms with Crippen LogP contribution in [0.1, 0.15) is 102 Å². The van der Waals surface area contributed by atoms with Gasteiger partial charge >= 0.3 is 24.3 Å². The van der Waals surface area contributed by atoms with Crippen molar-refractivity contribution in [2.75, 3.05) is 23.7 Å². The fourth-order valence-corrected chi connectivity index (χ4v) is 9.53. The van der Waals surface area contributed by atoms with Crippen LogP contribution in [0, 0.1) is 50.4 Å². The number of hydrogen-bond donors (Lipinski definition) is 6. The molecule has 0 atom stereocenters. The molecule has 0 saturated heterocycles. The van der Waals surface area contributed by atoms with Gasteiger partial charge in [0.15, 0.2) is 11.3 Å². The van der Waals surface area contributed by atoms with Crippen LogP contribution in [0.3, 0.4) is 0 Å². The number of carbonyl (C=O) groups excluding carboxylic acids is 2. The number of aryl methyl sites for hydroxylation is 4. The van der Waals surface area contributed by atoms with E-state index in [1.54, 1.807) is 116 Å². The second-order valence-electron chi connectivity index (χ2n) is 20.6. The highest BCUT2D eigenvalue weighted by molar-refractivity contribution is 5.98. The van der Waals surface area contributed by atoms with Gasteiger partial charge in [0, 0.05) is 58.9 Å². The molecule has 22 heteroatoms. The maximum Gasteiger partial charge on any atom is 0.390 e. The van der Waals surface area contributed by atoms with E-state index in [1.165, 1.54) is 12.1 Å². The second kappa shape index (κ2) is 22.1. The molecule has 82 heavy (non-hydrogen) atoms. The van der Waals surface area contributed by atoms with Gasteiger partial charge in [-0.05, 0) is 135 Å². The Morgan fingerprint density at radius 2 is 0.854 bits per heavy atom. The number of hydrogen-bond acceptors (Lipinski definition) is 10. The maximum atomic E-state index is 13.0. The third-order valence-electron chi connectivity index (χ3n) is 14.4. The minimum absolute atomic E-state index is 0.153. The number of carbonyl (C=O) groups is 4. The third kappa shape index (κ3) is 12.5. The Labute approximate surface area is 465 Å². The van der Waals surface area contributed by atoms with Crippen molar-refractivity contribution in [1.82, 2.24) is 29.4 Å². The number of nitrogens with one attached hydrogen (secondary N) is 4. The SMILES string of the molecule is Cc1cc(-c2cc(NCCC(F)(F)F)c3ncc(-c4ccc(C(=O)NC5(C#N)CC5)c(C)c4)n3c2)ccc1C(=O)NC1(C#N)CC1.Cc1cc(-c2cc(NCCC(F)(F)F)c3ncc(-c4ccc(C(=O)O)c(C)c4)n3c2)ccc1C(=O)O. The lowest BCUT2D eigenvalue weighted by atomic mass is 9.99. The first-order valence-corrected chi connectivity index (χ1v) is 25.8. The first kappa shape index (κ1) is 57.0. The van der Waals surface area contributed by atoms with E-state index < -0.39 is 48.2 Å². The van der Waals surface area contributed by atoms with Crippen LogP contribution in [0.4, 0.5) is 37.7 Å². The monoisotopic (exact) mass is 1120 g/mol. The van der Waals surface area contributed by atoms with Crippen molar-refractivity contribution in [3.05, 3.63) is 154 Å². The van der Waals surface area contributed by atoms with Crippen molar-refractivity contribution in [3.8, 4) is 56.9 Å². The quantitative estimate of drug-likeness (QED) is 0.0495. The van der Waals surface area contributed by atoms with E-state index in [0.29, 0.717) is 115 Å². The van der Waals surface area contributed by atoms with Gasteiger partial charge in [-0.15, -0.1) is 0 Å². The molecule has 4 aromatic heterocycles. The molecule has 10 rings (SSSR count). The Balaban J connectivity index is 0.000000204. The summed E-state index contributed by atoms with van der Waals surface area (Å²) in [6.45, 7) is 6.23. The molecule has 2 aliphatic carbocycles. The molecule has 2 amide bonds. The normalized spacial score (nSPS) is 14.0. The van der Waals surface area contributed by atoms with Crippen molar-refractivity contribution in [2.24, 2.45) is 0 Å². The first-order valence-electron chi connectivity index (χ1n) is 25.8. The van der Waals surface area contributed by atoms with E-state index in [9.17, 15) is 66.3 Å². The molecule has 6 N–H and O–H groups in total.